The summed E-state index contributed by atoms with van der Waals surface area (Å²) in [6, 6.07) is 12.7. The zero-order valence-corrected chi connectivity index (χ0v) is 19.5. The average molecular weight is 486 g/mol. The van der Waals surface area contributed by atoms with Crippen LogP contribution in [0.2, 0.25) is 10.0 Å². The highest BCUT2D eigenvalue weighted by molar-refractivity contribution is 6.40. The number of aromatic nitrogens is 4. The lowest BCUT2D eigenvalue weighted by atomic mass is 10.2. The molecule has 0 radical (unpaired) electrons. The van der Waals surface area contributed by atoms with E-state index in [1.807, 2.05) is 37.3 Å². The Hall–Kier alpha value is -3.36. The number of hydrogen-bond donors (Lipinski definition) is 1. The van der Waals surface area contributed by atoms with Gasteiger partial charge >= 0.3 is 5.69 Å². The highest BCUT2D eigenvalue weighted by Gasteiger charge is 2.20. The van der Waals surface area contributed by atoms with Gasteiger partial charge in [-0.15, -0.1) is 0 Å². The maximum Gasteiger partial charge on any atom is 0.333 e. The maximum atomic E-state index is 13.3. The quantitative estimate of drug-likeness (QED) is 0.450. The fourth-order valence-electron chi connectivity index (χ4n) is 3.62. The van der Waals surface area contributed by atoms with Crippen molar-refractivity contribution in [2.45, 2.75) is 33.5 Å². The minimum atomic E-state index is -0.630. The lowest BCUT2D eigenvalue weighted by molar-refractivity contribution is -0.116. The van der Waals surface area contributed by atoms with E-state index in [4.69, 9.17) is 23.2 Å². The molecule has 0 unspecified atom stereocenters. The number of hydrogen-bond acceptors (Lipinski definition) is 4. The van der Waals surface area contributed by atoms with Gasteiger partial charge in [-0.3, -0.25) is 14.2 Å². The molecule has 0 aliphatic heterocycles. The molecule has 0 saturated heterocycles. The van der Waals surface area contributed by atoms with Gasteiger partial charge in [-0.2, -0.15) is 0 Å². The van der Waals surface area contributed by atoms with Crippen molar-refractivity contribution in [3.05, 3.63) is 90.8 Å². The number of nitrogens with one attached hydrogen (secondary N) is 1. The van der Waals surface area contributed by atoms with Crippen molar-refractivity contribution in [1.82, 2.24) is 18.7 Å². The van der Waals surface area contributed by atoms with Crippen LogP contribution in [0.5, 0.6) is 0 Å². The topological polar surface area (TPSA) is 90.9 Å². The van der Waals surface area contributed by atoms with Crippen LogP contribution in [0.25, 0.3) is 11.2 Å². The molecule has 0 saturated carbocycles. The molecule has 4 aromatic rings. The average Bonchev–Trinajstić information content (AvgIpc) is 3.24. The number of aryl methyl sites for hydroxylation is 2. The fraction of sp³-hybridized carbons (Fsp3) is 0.217. The molecule has 8 nitrogen and oxygen atoms in total. The Morgan fingerprint density at radius 2 is 1.79 bits per heavy atom. The van der Waals surface area contributed by atoms with Crippen LogP contribution >= 0.6 is 23.2 Å². The van der Waals surface area contributed by atoms with E-state index in [-0.39, 0.29) is 28.4 Å². The summed E-state index contributed by atoms with van der Waals surface area (Å²) in [4.78, 5) is 43.7. The normalized spacial score (nSPS) is 11.2. The van der Waals surface area contributed by atoms with Crippen molar-refractivity contribution in [3.8, 4) is 0 Å². The summed E-state index contributed by atoms with van der Waals surface area (Å²) in [7, 11) is 0. The van der Waals surface area contributed by atoms with Crippen molar-refractivity contribution in [2.24, 2.45) is 0 Å². The van der Waals surface area contributed by atoms with Gasteiger partial charge < -0.3 is 9.88 Å². The molecule has 0 aliphatic rings. The van der Waals surface area contributed by atoms with Gasteiger partial charge in [0.25, 0.3) is 5.56 Å². The first-order chi connectivity index (χ1) is 15.8. The molecule has 1 N–H and O–H groups in total. The summed E-state index contributed by atoms with van der Waals surface area (Å²) in [5.41, 5.74) is 1.14. The van der Waals surface area contributed by atoms with E-state index in [2.05, 4.69) is 10.3 Å². The summed E-state index contributed by atoms with van der Waals surface area (Å²) in [6.07, 6.45) is 1.52. The first-order valence-electron chi connectivity index (χ1n) is 10.3. The number of rotatable bonds is 6. The van der Waals surface area contributed by atoms with E-state index in [0.29, 0.717) is 11.6 Å². The van der Waals surface area contributed by atoms with E-state index >= 15 is 0 Å². The van der Waals surface area contributed by atoms with Crippen LogP contribution in [0.3, 0.4) is 0 Å². The highest BCUT2D eigenvalue weighted by atomic mass is 35.5. The Labute approximate surface area is 199 Å². The third kappa shape index (κ3) is 4.31. The van der Waals surface area contributed by atoms with Gasteiger partial charge in [-0.05, 0) is 31.0 Å². The molecule has 2 heterocycles. The monoisotopic (exact) mass is 485 g/mol. The van der Waals surface area contributed by atoms with Crippen LogP contribution in [0, 0.1) is 6.92 Å². The van der Waals surface area contributed by atoms with Crippen molar-refractivity contribution in [2.75, 3.05) is 5.32 Å². The Morgan fingerprint density at radius 3 is 2.48 bits per heavy atom. The minimum Gasteiger partial charge on any atom is -0.325 e. The lowest BCUT2D eigenvalue weighted by Gasteiger charge is -2.14. The number of amides is 1. The molecule has 0 bridgehead atoms. The van der Waals surface area contributed by atoms with Crippen LogP contribution < -0.4 is 16.6 Å². The molecule has 4 rings (SSSR count). The van der Waals surface area contributed by atoms with Gasteiger partial charge in [0.1, 0.15) is 6.54 Å². The van der Waals surface area contributed by atoms with Gasteiger partial charge in [0.15, 0.2) is 11.2 Å². The molecular formula is C23H21Cl2N5O3. The number of nitrogens with zero attached hydrogens (tertiary/aromatic N) is 4. The molecule has 0 atom stereocenters. The first-order valence-corrected chi connectivity index (χ1v) is 11.0. The number of carbonyl (C=O) groups excluding carboxylic acids is 1. The molecule has 10 heteroatoms. The largest absolute Gasteiger partial charge is 0.333 e. The third-order valence-electron chi connectivity index (χ3n) is 5.36. The van der Waals surface area contributed by atoms with E-state index in [1.54, 1.807) is 23.6 Å². The first kappa shape index (κ1) is 22.8. The Morgan fingerprint density at radius 1 is 1.06 bits per heavy atom. The second-order valence-electron chi connectivity index (χ2n) is 7.55. The van der Waals surface area contributed by atoms with Gasteiger partial charge in [-0.25, -0.2) is 14.3 Å². The molecule has 2 aromatic carbocycles. The number of anilines is 1. The van der Waals surface area contributed by atoms with Crippen LogP contribution in [-0.4, -0.2) is 24.6 Å². The third-order valence-corrected chi connectivity index (χ3v) is 6.16. The second-order valence-corrected chi connectivity index (χ2v) is 8.34. The fourth-order valence-corrected chi connectivity index (χ4v) is 4.09. The minimum absolute atomic E-state index is 0.203. The number of benzene rings is 2. The van der Waals surface area contributed by atoms with E-state index in [0.717, 1.165) is 15.7 Å². The molecule has 0 aliphatic carbocycles. The SMILES string of the molecule is CCn1cnc2c1c(=O)n(CC(=O)Nc1c(Cl)ccc(C)c1Cl)c(=O)n2Cc1ccccc1. The molecule has 0 spiro atoms. The highest BCUT2D eigenvalue weighted by Crippen LogP contribution is 2.32. The van der Waals surface area contributed by atoms with Crippen molar-refractivity contribution in [3.63, 3.8) is 0 Å². The number of imidazole rings is 1. The Kier molecular flexibility index (Phi) is 6.40. The van der Waals surface area contributed by atoms with E-state index < -0.39 is 23.7 Å². The number of halogens is 2. The Balaban J connectivity index is 1.79. The van der Waals surface area contributed by atoms with Crippen molar-refractivity contribution in [1.29, 1.82) is 0 Å². The van der Waals surface area contributed by atoms with Crippen LogP contribution in [-0.2, 0) is 24.4 Å². The molecule has 1 amide bonds. The van der Waals surface area contributed by atoms with Crippen molar-refractivity contribution < 1.29 is 4.79 Å². The summed E-state index contributed by atoms with van der Waals surface area (Å²) in [5, 5.41) is 3.18. The molecule has 2 aromatic heterocycles. The van der Waals surface area contributed by atoms with Gasteiger partial charge in [0, 0.05) is 6.54 Å². The van der Waals surface area contributed by atoms with Crippen LogP contribution in [0.15, 0.2) is 58.4 Å². The summed E-state index contributed by atoms with van der Waals surface area (Å²) < 4.78 is 3.96. The summed E-state index contributed by atoms with van der Waals surface area (Å²) >= 11 is 12.5. The standard InChI is InChI=1S/C23H21Cl2N5O3/c1-3-28-13-26-21-20(28)22(32)30(23(33)29(21)11-15-7-5-4-6-8-15)12-17(31)27-19-16(24)10-9-14(2)18(19)25/h4-10,13H,3,11-12H2,1-2H3,(H,27,31). The zero-order valence-electron chi connectivity index (χ0n) is 18.0. The van der Waals surface area contributed by atoms with E-state index in [1.165, 1.54) is 10.9 Å². The van der Waals surface area contributed by atoms with Gasteiger partial charge in [0.05, 0.1) is 28.6 Å². The molecule has 33 heavy (non-hydrogen) atoms. The smallest absolute Gasteiger partial charge is 0.325 e. The van der Waals surface area contributed by atoms with Gasteiger partial charge in [0.2, 0.25) is 5.91 Å². The summed E-state index contributed by atoms with van der Waals surface area (Å²) in [6.45, 7) is 3.83. The molecular weight excluding hydrogens is 465 g/mol. The zero-order chi connectivity index (χ0) is 23.7. The lowest BCUT2D eigenvalue weighted by Crippen LogP contribution is -2.43. The van der Waals surface area contributed by atoms with Crippen LogP contribution in [0.1, 0.15) is 18.1 Å². The summed E-state index contributed by atoms with van der Waals surface area (Å²) in [5.74, 6) is -0.600. The maximum absolute atomic E-state index is 13.3. The van der Waals surface area contributed by atoms with Crippen molar-refractivity contribution >= 4 is 46.0 Å². The number of fused-ring (bicyclic) bond motifs is 1. The van der Waals surface area contributed by atoms with E-state index in [9.17, 15) is 14.4 Å². The molecule has 0 fully saturated rings. The second kappa shape index (κ2) is 9.25. The van der Waals surface area contributed by atoms with Crippen LogP contribution in [0.4, 0.5) is 5.69 Å². The Bertz CT molecular complexity index is 1470. The predicted octanol–water partition coefficient (Wildman–Crippen LogP) is 3.68. The molecule has 170 valence electrons. The van der Waals surface area contributed by atoms with Gasteiger partial charge in [-0.1, -0.05) is 59.6 Å². The number of carbonyl (C=O) groups is 1. The predicted molar refractivity (Wildman–Crippen MR) is 129 cm³/mol.